The predicted octanol–water partition coefficient (Wildman–Crippen LogP) is 2.40. The first kappa shape index (κ1) is 17.0. The highest BCUT2D eigenvalue weighted by molar-refractivity contribution is 7.15. The van der Waals surface area contributed by atoms with E-state index in [4.69, 9.17) is 14.6 Å². The third-order valence-electron chi connectivity index (χ3n) is 2.97. The van der Waals surface area contributed by atoms with E-state index in [1.165, 1.54) is 12.1 Å². The molecule has 1 aromatic heterocycles. The highest BCUT2D eigenvalue weighted by Crippen LogP contribution is 2.17. The molecule has 0 aliphatic rings. The summed E-state index contributed by atoms with van der Waals surface area (Å²) >= 11 is 0.954. The Morgan fingerprint density at radius 2 is 1.78 bits per heavy atom. The van der Waals surface area contributed by atoms with E-state index in [0.717, 1.165) is 22.6 Å². The Morgan fingerprint density at radius 1 is 1.09 bits per heavy atom. The van der Waals surface area contributed by atoms with Crippen LogP contribution in [0.4, 0.5) is 0 Å². The quantitative estimate of drug-likeness (QED) is 0.724. The van der Waals surface area contributed by atoms with E-state index >= 15 is 0 Å². The molecule has 0 fully saturated rings. The number of hydrogen-bond donors (Lipinski definition) is 2. The molecule has 1 aromatic carbocycles. The van der Waals surface area contributed by atoms with Crippen molar-refractivity contribution in [2.24, 2.45) is 0 Å². The zero-order valence-electron chi connectivity index (χ0n) is 12.6. The average Bonchev–Trinajstić information content (AvgIpc) is 3.04. The zero-order valence-corrected chi connectivity index (χ0v) is 13.4. The van der Waals surface area contributed by atoms with E-state index in [1.54, 1.807) is 7.11 Å². The lowest BCUT2D eigenvalue weighted by Crippen LogP contribution is -2.21. The van der Waals surface area contributed by atoms with Crippen LogP contribution in [0.3, 0.4) is 0 Å². The fourth-order valence-corrected chi connectivity index (χ4v) is 2.55. The van der Waals surface area contributed by atoms with Crippen LogP contribution in [0.25, 0.3) is 0 Å². The summed E-state index contributed by atoms with van der Waals surface area (Å²) in [7, 11) is 1.61. The number of carbonyl (C=O) groups is 2. The van der Waals surface area contributed by atoms with E-state index in [1.807, 2.05) is 24.3 Å². The Balaban J connectivity index is 1.84. The first-order valence-corrected chi connectivity index (χ1v) is 7.74. The van der Waals surface area contributed by atoms with Gasteiger partial charge in [-0.3, -0.25) is 4.79 Å². The van der Waals surface area contributed by atoms with Crippen molar-refractivity contribution in [1.29, 1.82) is 0 Å². The summed E-state index contributed by atoms with van der Waals surface area (Å²) in [5.41, 5.74) is 0.924. The van der Waals surface area contributed by atoms with Crippen molar-refractivity contribution < 1.29 is 24.2 Å². The summed E-state index contributed by atoms with van der Waals surface area (Å²) in [4.78, 5) is 23.3. The molecular weight excluding hydrogens is 318 g/mol. The lowest BCUT2D eigenvalue weighted by Gasteiger charge is -2.07. The van der Waals surface area contributed by atoms with Crippen LogP contribution < -0.4 is 10.1 Å². The molecule has 0 aliphatic heterocycles. The zero-order chi connectivity index (χ0) is 16.7. The number of hydrogen-bond acceptors (Lipinski definition) is 5. The summed E-state index contributed by atoms with van der Waals surface area (Å²) in [6, 6.07) is 10.3. The molecule has 7 heteroatoms. The SMILES string of the molecule is COCCOc1ccc(CNC(=O)c2ccc(C(=O)O)s2)cc1. The van der Waals surface area contributed by atoms with Crippen LogP contribution in [-0.2, 0) is 11.3 Å². The number of ether oxygens (including phenoxy) is 2. The van der Waals surface area contributed by atoms with Gasteiger partial charge in [-0.1, -0.05) is 12.1 Å². The van der Waals surface area contributed by atoms with Gasteiger partial charge in [0.1, 0.15) is 17.2 Å². The third kappa shape index (κ3) is 5.08. The van der Waals surface area contributed by atoms with Crippen molar-refractivity contribution in [1.82, 2.24) is 5.32 Å². The summed E-state index contributed by atoms with van der Waals surface area (Å²) in [6.45, 7) is 1.37. The lowest BCUT2D eigenvalue weighted by molar-refractivity contribution is 0.0702. The normalized spacial score (nSPS) is 10.3. The smallest absolute Gasteiger partial charge is 0.345 e. The minimum Gasteiger partial charge on any atom is -0.491 e. The maximum absolute atomic E-state index is 12.0. The summed E-state index contributed by atoms with van der Waals surface area (Å²) in [6.07, 6.45) is 0. The van der Waals surface area contributed by atoms with Crippen LogP contribution in [0.2, 0.25) is 0 Å². The largest absolute Gasteiger partial charge is 0.491 e. The Labute approximate surface area is 137 Å². The highest BCUT2D eigenvalue weighted by atomic mass is 32.1. The minimum absolute atomic E-state index is 0.146. The summed E-state index contributed by atoms with van der Waals surface area (Å²) < 4.78 is 10.4. The van der Waals surface area contributed by atoms with Gasteiger partial charge in [-0.15, -0.1) is 11.3 Å². The Hall–Kier alpha value is -2.38. The first-order chi connectivity index (χ1) is 11.1. The van der Waals surface area contributed by atoms with Crippen LogP contribution in [0.15, 0.2) is 36.4 Å². The van der Waals surface area contributed by atoms with Crippen molar-refractivity contribution in [2.45, 2.75) is 6.54 Å². The molecule has 2 aromatic rings. The van der Waals surface area contributed by atoms with Crippen LogP contribution in [0.1, 0.15) is 24.9 Å². The van der Waals surface area contributed by atoms with Gasteiger partial charge >= 0.3 is 5.97 Å². The van der Waals surface area contributed by atoms with E-state index in [-0.39, 0.29) is 10.8 Å². The molecule has 0 bridgehead atoms. The van der Waals surface area contributed by atoms with Crippen molar-refractivity contribution in [3.8, 4) is 5.75 Å². The van der Waals surface area contributed by atoms with E-state index in [9.17, 15) is 9.59 Å². The number of methoxy groups -OCH3 is 1. The second-order valence-corrected chi connectivity index (χ2v) is 5.72. The number of carboxylic acid groups (broad SMARTS) is 1. The molecular formula is C16H17NO5S. The number of carboxylic acids is 1. The van der Waals surface area contributed by atoms with Crippen LogP contribution in [0, 0.1) is 0 Å². The highest BCUT2D eigenvalue weighted by Gasteiger charge is 2.12. The van der Waals surface area contributed by atoms with Gasteiger partial charge in [0.15, 0.2) is 0 Å². The maximum atomic E-state index is 12.0. The number of carbonyl (C=O) groups excluding carboxylic acids is 1. The molecule has 2 rings (SSSR count). The van der Waals surface area contributed by atoms with Crippen molar-refractivity contribution in [3.05, 3.63) is 51.7 Å². The van der Waals surface area contributed by atoms with Gasteiger partial charge in [0, 0.05) is 13.7 Å². The number of benzene rings is 1. The Morgan fingerprint density at radius 3 is 2.39 bits per heavy atom. The van der Waals surface area contributed by atoms with Crippen LogP contribution >= 0.6 is 11.3 Å². The maximum Gasteiger partial charge on any atom is 0.345 e. The Kier molecular flexibility index (Phi) is 6.13. The lowest BCUT2D eigenvalue weighted by atomic mass is 10.2. The van der Waals surface area contributed by atoms with Gasteiger partial charge in [-0.05, 0) is 29.8 Å². The van der Waals surface area contributed by atoms with Crippen molar-refractivity contribution in [3.63, 3.8) is 0 Å². The van der Waals surface area contributed by atoms with Crippen molar-refractivity contribution >= 4 is 23.2 Å². The molecule has 6 nitrogen and oxygen atoms in total. The molecule has 0 radical (unpaired) electrons. The molecule has 1 amide bonds. The summed E-state index contributed by atoms with van der Waals surface area (Å²) in [5, 5.41) is 11.6. The molecule has 122 valence electrons. The average molecular weight is 335 g/mol. The van der Waals surface area contributed by atoms with Gasteiger partial charge in [0.05, 0.1) is 11.5 Å². The Bertz CT molecular complexity index is 665. The molecule has 0 spiro atoms. The van der Waals surface area contributed by atoms with Gasteiger partial charge in [-0.2, -0.15) is 0 Å². The molecule has 0 aliphatic carbocycles. The van der Waals surface area contributed by atoms with E-state index in [0.29, 0.717) is 24.6 Å². The van der Waals surface area contributed by atoms with Gasteiger partial charge in [-0.25, -0.2) is 4.79 Å². The fraction of sp³-hybridized carbons (Fsp3) is 0.250. The second-order valence-electron chi connectivity index (χ2n) is 4.64. The minimum atomic E-state index is -1.03. The molecule has 1 heterocycles. The van der Waals surface area contributed by atoms with Gasteiger partial charge < -0.3 is 19.9 Å². The molecule has 0 unspecified atom stereocenters. The molecule has 0 saturated carbocycles. The topological polar surface area (TPSA) is 84.9 Å². The predicted molar refractivity (Wildman–Crippen MR) is 86.3 cm³/mol. The summed E-state index contributed by atoms with van der Waals surface area (Å²) in [5.74, 6) is -0.581. The number of amides is 1. The number of thiophene rings is 1. The van der Waals surface area contributed by atoms with Gasteiger partial charge in [0.2, 0.25) is 0 Å². The van der Waals surface area contributed by atoms with Crippen LogP contribution in [0.5, 0.6) is 5.75 Å². The van der Waals surface area contributed by atoms with E-state index < -0.39 is 5.97 Å². The number of aromatic carboxylic acids is 1. The monoisotopic (exact) mass is 335 g/mol. The standard InChI is InChI=1S/C16H17NO5S/c1-21-8-9-22-12-4-2-11(3-5-12)10-17-15(18)13-6-7-14(23-13)16(19)20/h2-7H,8-10H2,1H3,(H,17,18)(H,19,20). The fourth-order valence-electron chi connectivity index (χ4n) is 1.79. The third-order valence-corrected chi connectivity index (χ3v) is 4.05. The number of nitrogens with one attached hydrogen (secondary N) is 1. The molecule has 2 N–H and O–H groups in total. The molecule has 23 heavy (non-hydrogen) atoms. The van der Waals surface area contributed by atoms with Crippen molar-refractivity contribution in [2.75, 3.05) is 20.3 Å². The van der Waals surface area contributed by atoms with Crippen LogP contribution in [-0.4, -0.2) is 37.3 Å². The second kappa shape index (κ2) is 8.30. The first-order valence-electron chi connectivity index (χ1n) is 6.92. The molecule has 0 atom stereocenters. The van der Waals surface area contributed by atoms with E-state index in [2.05, 4.69) is 5.32 Å². The number of rotatable bonds is 8. The molecule has 0 saturated heterocycles. The van der Waals surface area contributed by atoms with Gasteiger partial charge in [0.25, 0.3) is 5.91 Å².